The number of amides is 1. The number of rotatable bonds is 3. The van der Waals surface area contributed by atoms with Gasteiger partial charge in [-0.15, -0.1) is 0 Å². The smallest absolute Gasteiger partial charge is 0.249 e. The first kappa shape index (κ1) is 11.6. The van der Waals surface area contributed by atoms with Gasteiger partial charge in [-0.3, -0.25) is 4.79 Å². The minimum absolute atomic E-state index is 0.000388. The van der Waals surface area contributed by atoms with Gasteiger partial charge in [0.1, 0.15) is 6.10 Å². The fraction of sp³-hybridized carbons (Fsp3) is 0.417. The van der Waals surface area contributed by atoms with Gasteiger partial charge in [-0.05, 0) is 30.5 Å². The molecule has 1 N–H and O–H groups in total. The van der Waals surface area contributed by atoms with Crippen molar-refractivity contribution in [1.29, 1.82) is 0 Å². The zero-order valence-corrected chi connectivity index (χ0v) is 10.5. The van der Waals surface area contributed by atoms with Crippen LogP contribution in [0.2, 0.25) is 0 Å². The zero-order chi connectivity index (χ0) is 11.4. The standard InChI is InChI=1S/C12H14BrNO2/c13-10-5-3-9(4-6-10)8-14-12(15)11-2-1-7-16-11/h3-6,11H,1-2,7-8H2,(H,14,15)/t11-/m1/s1. The van der Waals surface area contributed by atoms with Crippen LogP contribution in [0.3, 0.4) is 0 Å². The molecule has 4 heteroatoms. The van der Waals surface area contributed by atoms with Crippen LogP contribution in [0.15, 0.2) is 28.7 Å². The Hall–Kier alpha value is -0.870. The van der Waals surface area contributed by atoms with Crippen molar-refractivity contribution >= 4 is 21.8 Å². The van der Waals surface area contributed by atoms with Gasteiger partial charge in [0, 0.05) is 17.6 Å². The number of nitrogens with one attached hydrogen (secondary N) is 1. The highest BCUT2D eigenvalue weighted by molar-refractivity contribution is 9.10. The molecule has 0 aliphatic carbocycles. The van der Waals surface area contributed by atoms with Crippen molar-refractivity contribution in [1.82, 2.24) is 5.32 Å². The SMILES string of the molecule is O=C(NCc1ccc(Br)cc1)[C@H]1CCCO1. The molecule has 1 heterocycles. The summed E-state index contributed by atoms with van der Waals surface area (Å²) in [6.45, 7) is 1.27. The summed E-state index contributed by atoms with van der Waals surface area (Å²) in [5, 5.41) is 2.88. The first-order valence-electron chi connectivity index (χ1n) is 5.39. The quantitative estimate of drug-likeness (QED) is 0.924. The van der Waals surface area contributed by atoms with E-state index in [-0.39, 0.29) is 12.0 Å². The number of ether oxygens (including phenoxy) is 1. The van der Waals surface area contributed by atoms with Crippen LogP contribution in [-0.2, 0) is 16.1 Å². The Morgan fingerprint density at radius 2 is 2.19 bits per heavy atom. The molecule has 1 saturated heterocycles. The summed E-state index contributed by atoms with van der Waals surface area (Å²) in [7, 11) is 0. The van der Waals surface area contributed by atoms with E-state index in [9.17, 15) is 4.79 Å². The molecule has 0 aromatic heterocycles. The van der Waals surface area contributed by atoms with Crippen molar-refractivity contribution in [2.75, 3.05) is 6.61 Å². The number of carbonyl (C=O) groups excluding carboxylic acids is 1. The predicted molar refractivity (Wildman–Crippen MR) is 65.0 cm³/mol. The molecule has 1 aliphatic heterocycles. The maximum atomic E-state index is 11.6. The van der Waals surface area contributed by atoms with Gasteiger partial charge < -0.3 is 10.1 Å². The van der Waals surface area contributed by atoms with Crippen molar-refractivity contribution < 1.29 is 9.53 Å². The van der Waals surface area contributed by atoms with E-state index in [0.717, 1.165) is 22.9 Å². The maximum absolute atomic E-state index is 11.6. The van der Waals surface area contributed by atoms with Crippen LogP contribution in [0.1, 0.15) is 18.4 Å². The number of hydrogen-bond donors (Lipinski definition) is 1. The molecule has 0 saturated carbocycles. The van der Waals surface area contributed by atoms with E-state index in [1.807, 2.05) is 24.3 Å². The summed E-state index contributed by atoms with van der Waals surface area (Å²) in [6.07, 6.45) is 1.58. The van der Waals surface area contributed by atoms with Crippen LogP contribution in [0.25, 0.3) is 0 Å². The first-order valence-corrected chi connectivity index (χ1v) is 6.19. The highest BCUT2D eigenvalue weighted by Crippen LogP contribution is 2.13. The molecule has 16 heavy (non-hydrogen) atoms. The molecule has 0 unspecified atom stereocenters. The summed E-state index contributed by atoms with van der Waals surface area (Å²) in [6, 6.07) is 7.90. The predicted octanol–water partition coefficient (Wildman–Crippen LogP) is 2.24. The lowest BCUT2D eigenvalue weighted by Gasteiger charge is -2.10. The fourth-order valence-electron chi connectivity index (χ4n) is 1.69. The van der Waals surface area contributed by atoms with E-state index in [4.69, 9.17) is 4.74 Å². The average molecular weight is 284 g/mol. The molecule has 1 aromatic rings. The normalized spacial score (nSPS) is 19.7. The van der Waals surface area contributed by atoms with Crippen molar-refractivity contribution in [3.63, 3.8) is 0 Å². The molecule has 1 fully saturated rings. The highest BCUT2D eigenvalue weighted by Gasteiger charge is 2.22. The van der Waals surface area contributed by atoms with Gasteiger partial charge in [0.2, 0.25) is 5.91 Å². The van der Waals surface area contributed by atoms with Crippen LogP contribution < -0.4 is 5.32 Å². The second-order valence-corrected chi connectivity index (χ2v) is 4.76. The van der Waals surface area contributed by atoms with Crippen LogP contribution in [-0.4, -0.2) is 18.6 Å². The minimum atomic E-state index is -0.240. The molecule has 1 aromatic carbocycles. The topological polar surface area (TPSA) is 38.3 Å². The van der Waals surface area contributed by atoms with E-state index < -0.39 is 0 Å². The lowest BCUT2D eigenvalue weighted by molar-refractivity contribution is -0.130. The summed E-state index contributed by atoms with van der Waals surface area (Å²) < 4.78 is 6.35. The monoisotopic (exact) mass is 283 g/mol. The van der Waals surface area contributed by atoms with E-state index in [1.165, 1.54) is 0 Å². The number of benzene rings is 1. The minimum Gasteiger partial charge on any atom is -0.368 e. The van der Waals surface area contributed by atoms with Gasteiger partial charge in [0.05, 0.1) is 0 Å². The van der Waals surface area contributed by atoms with Gasteiger partial charge >= 0.3 is 0 Å². The molecule has 86 valence electrons. The summed E-state index contributed by atoms with van der Waals surface area (Å²) in [5.41, 5.74) is 1.09. The van der Waals surface area contributed by atoms with Crippen molar-refractivity contribution in [2.45, 2.75) is 25.5 Å². The Morgan fingerprint density at radius 1 is 1.44 bits per heavy atom. The van der Waals surface area contributed by atoms with Crippen LogP contribution in [0.5, 0.6) is 0 Å². The van der Waals surface area contributed by atoms with E-state index >= 15 is 0 Å². The lowest BCUT2D eigenvalue weighted by atomic mass is 10.2. The fourth-order valence-corrected chi connectivity index (χ4v) is 1.95. The Labute approximate surface area is 103 Å². The maximum Gasteiger partial charge on any atom is 0.249 e. The molecule has 0 radical (unpaired) electrons. The molecular formula is C12H14BrNO2. The van der Waals surface area contributed by atoms with E-state index in [2.05, 4.69) is 21.2 Å². The Balaban J connectivity index is 1.82. The third-order valence-corrected chi connectivity index (χ3v) is 3.13. The van der Waals surface area contributed by atoms with Gasteiger partial charge in [-0.2, -0.15) is 0 Å². The second-order valence-electron chi connectivity index (χ2n) is 3.85. The second kappa shape index (κ2) is 5.46. The third kappa shape index (κ3) is 3.06. The molecule has 0 bridgehead atoms. The Bertz CT molecular complexity index is 358. The third-order valence-electron chi connectivity index (χ3n) is 2.60. The molecule has 1 atom stereocenters. The van der Waals surface area contributed by atoms with Gasteiger partial charge in [0.15, 0.2) is 0 Å². The Morgan fingerprint density at radius 3 is 2.81 bits per heavy atom. The zero-order valence-electron chi connectivity index (χ0n) is 8.91. The van der Waals surface area contributed by atoms with Gasteiger partial charge in [-0.25, -0.2) is 0 Å². The number of halogens is 1. The molecule has 1 amide bonds. The van der Waals surface area contributed by atoms with Gasteiger partial charge in [0.25, 0.3) is 0 Å². The molecular weight excluding hydrogens is 270 g/mol. The molecule has 3 nitrogen and oxygen atoms in total. The van der Waals surface area contributed by atoms with Crippen molar-refractivity contribution in [3.05, 3.63) is 34.3 Å². The van der Waals surface area contributed by atoms with E-state index in [1.54, 1.807) is 0 Å². The molecule has 2 rings (SSSR count). The van der Waals surface area contributed by atoms with Crippen LogP contribution >= 0.6 is 15.9 Å². The summed E-state index contributed by atoms with van der Waals surface area (Å²) in [5.74, 6) is 0.000388. The van der Waals surface area contributed by atoms with Crippen molar-refractivity contribution in [2.24, 2.45) is 0 Å². The van der Waals surface area contributed by atoms with Crippen LogP contribution in [0, 0.1) is 0 Å². The lowest BCUT2D eigenvalue weighted by Crippen LogP contribution is -2.33. The van der Waals surface area contributed by atoms with E-state index in [0.29, 0.717) is 13.2 Å². The van der Waals surface area contributed by atoms with Gasteiger partial charge in [-0.1, -0.05) is 28.1 Å². The first-order chi connectivity index (χ1) is 7.75. The average Bonchev–Trinajstić information content (AvgIpc) is 2.81. The van der Waals surface area contributed by atoms with Crippen molar-refractivity contribution in [3.8, 4) is 0 Å². The number of carbonyl (C=O) groups is 1. The Kier molecular flexibility index (Phi) is 3.96. The highest BCUT2D eigenvalue weighted by atomic mass is 79.9. The molecule has 0 spiro atoms. The molecule has 1 aliphatic rings. The largest absolute Gasteiger partial charge is 0.368 e. The summed E-state index contributed by atoms with van der Waals surface area (Å²) >= 11 is 3.37. The summed E-state index contributed by atoms with van der Waals surface area (Å²) in [4.78, 5) is 11.6. The number of hydrogen-bond acceptors (Lipinski definition) is 2. The van der Waals surface area contributed by atoms with Crippen LogP contribution in [0.4, 0.5) is 0 Å².